The Kier molecular flexibility index (Phi) is 4.44. The number of nitrogens with one attached hydrogen (secondary N) is 1. The van der Waals surface area contributed by atoms with Crippen LogP contribution in [0.5, 0.6) is 11.5 Å². The van der Waals surface area contributed by atoms with Gasteiger partial charge in [-0.1, -0.05) is 6.07 Å². The van der Waals surface area contributed by atoms with E-state index in [0.29, 0.717) is 18.3 Å². The van der Waals surface area contributed by atoms with Gasteiger partial charge in [-0.05, 0) is 31.7 Å². The number of aliphatic hydroxyl groups is 1. The molecule has 2 rings (SSSR count). The van der Waals surface area contributed by atoms with Crippen molar-refractivity contribution in [3.8, 4) is 11.5 Å². The van der Waals surface area contributed by atoms with Gasteiger partial charge >= 0.3 is 0 Å². The maximum atomic E-state index is 9.83. The van der Waals surface area contributed by atoms with E-state index in [4.69, 9.17) is 4.74 Å². The fraction of sp³-hybridized carbons (Fsp3) is 0.571. The first kappa shape index (κ1) is 13.2. The molecule has 0 heterocycles. The Balaban J connectivity index is 1.86. The third kappa shape index (κ3) is 3.37. The third-order valence-electron chi connectivity index (χ3n) is 3.57. The van der Waals surface area contributed by atoms with E-state index in [1.807, 2.05) is 12.1 Å². The van der Waals surface area contributed by atoms with Crippen LogP contribution >= 0.6 is 0 Å². The first-order chi connectivity index (χ1) is 8.69. The Morgan fingerprint density at radius 1 is 1.28 bits per heavy atom. The van der Waals surface area contributed by atoms with E-state index in [-0.39, 0.29) is 11.9 Å². The van der Waals surface area contributed by atoms with Gasteiger partial charge in [-0.25, -0.2) is 0 Å². The highest BCUT2D eigenvalue weighted by Crippen LogP contribution is 2.24. The molecule has 18 heavy (non-hydrogen) atoms. The molecular weight excluding hydrogens is 230 g/mol. The molecule has 1 aliphatic rings. The highest BCUT2D eigenvalue weighted by atomic mass is 16.5. The van der Waals surface area contributed by atoms with E-state index in [9.17, 15) is 10.2 Å². The molecule has 0 radical (unpaired) electrons. The lowest BCUT2D eigenvalue weighted by molar-refractivity contribution is 0.116. The highest BCUT2D eigenvalue weighted by molar-refractivity contribution is 5.39. The van der Waals surface area contributed by atoms with E-state index in [1.165, 1.54) is 0 Å². The zero-order valence-corrected chi connectivity index (χ0v) is 10.7. The van der Waals surface area contributed by atoms with E-state index >= 15 is 0 Å². The van der Waals surface area contributed by atoms with Crippen LogP contribution in [0.3, 0.4) is 0 Å². The van der Waals surface area contributed by atoms with Gasteiger partial charge < -0.3 is 20.3 Å². The molecule has 1 aliphatic carbocycles. The standard InChI is InChI=1S/C14H21NO3/c1-18-13-7-2-10(14(17)8-13)9-15-11-3-5-12(16)6-4-11/h2,7-8,11-12,15-17H,3-6,9H2,1H3. The van der Waals surface area contributed by atoms with Crippen molar-refractivity contribution in [2.45, 2.75) is 44.4 Å². The predicted molar refractivity (Wildman–Crippen MR) is 69.8 cm³/mol. The van der Waals surface area contributed by atoms with Crippen LogP contribution < -0.4 is 10.1 Å². The summed E-state index contributed by atoms with van der Waals surface area (Å²) >= 11 is 0. The number of aromatic hydroxyl groups is 1. The van der Waals surface area contributed by atoms with Crippen LogP contribution in [0.15, 0.2) is 18.2 Å². The minimum absolute atomic E-state index is 0.127. The molecule has 0 bridgehead atoms. The van der Waals surface area contributed by atoms with Gasteiger partial charge in [0.1, 0.15) is 11.5 Å². The molecule has 0 aromatic heterocycles. The average Bonchev–Trinajstić information content (AvgIpc) is 2.39. The summed E-state index contributed by atoms with van der Waals surface area (Å²) in [7, 11) is 1.58. The molecule has 1 fully saturated rings. The van der Waals surface area contributed by atoms with Crippen molar-refractivity contribution < 1.29 is 14.9 Å². The van der Waals surface area contributed by atoms with Crippen molar-refractivity contribution in [1.82, 2.24) is 5.32 Å². The van der Waals surface area contributed by atoms with Crippen molar-refractivity contribution in [2.75, 3.05) is 7.11 Å². The maximum Gasteiger partial charge on any atom is 0.123 e. The summed E-state index contributed by atoms with van der Waals surface area (Å²) in [5, 5.41) is 22.7. The number of aliphatic hydroxyl groups excluding tert-OH is 1. The quantitative estimate of drug-likeness (QED) is 0.763. The largest absolute Gasteiger partial charge is 0.507 e. The number of benzene rings is 1. The van der Waals surface area contributed by atoms with E-state index in [2.05, 4.69) is 5.32 Å². The summed E-state index contributed by atoms with van der Waals surface area (Å²) in [6, 6.07) is 5.79. The lowest BCUT2D eigenvalue weighted by Gasteiger charge is -2.26. The molecule has 0 amide bonds. The summed E-state index contributed by atoms with van der Waals surface area (Å²) < 4.78 is 5.05. The smallest absolute Gasteiger partial charge is 0.123 e. The zero-order valence-electron chi connectivity index (χ0n) is 10.7. The van der Waals surface area contributed by atoms with Crippen molar-refractivity contribution >= 4 is 0 Å². The van der Waals surface area contributed by atoms with Crippen molar-refractivity contribution in [2.24, 2.45) is 0 Å². The highest BCUT2D eigenvalue weighted by Gasteiger charge is 2.18. The second kappa shape index (κ2) is 6.07. The minimum Gasteiger partial charge on any atom is -0.507 e. The maximum absolute atomic E-state index is 9.83. The molecule has 0 aliphatic heterocycles. The first-order valence-electron chi connectivity index (χ1n) is 6.46. The van der Waals surface area contributed by atoms with Gasteiger partial charge in [0.25, 0.3) is 0 Å². The fourth-order valence-electron chi connectivity index (χ4n) is 2.35. The van der Waals surface area contributed by atoms with E-state index in [1.54, 1.807) is 13.2 Å². The predicted octanol–water partition coefficient (Wildman–Crippen LogP) is 1.79. The van der Waals surface area contributed by atoms with Crippen LogP contribution in [0.4, 0.5) is 0 Å². The van der Waals surface area contributed by atoms with Crippen molar-refractivity contribution in [3.05, 3.63) is 23.8 Å². The van der Waals surface area contributed by atoms with Crippen LogP contribution in [0.25, 0.3) is 0 Å². The van der Waals surface area contributed by atoms with Gasteiger partial charge in [0, 0.05) is 24.2 Å². The molecule has 4 heteroatoms. The monoisotopic (exact) mass is 251 g/mol. The molecule has 3 N–H and O–H groups in total. The second-order valence-electron chi connectivity index (χ2n) is 4.88. The van der Waals surface area contributed by atoms with Crippen molar-refractivity contribution in [3.63, 3.8) is 0 Å². The number of phenols is 1. The lowest BCUT2D eigenvalue weighted by atomic mass is 9.93. The number of ether oxygens (including phenoxy) is 1. The molecule has 1 saturated carbocycles. The number of phenolic OH excluding ortho intramolecular Hbond substituents is 1. The Hall–Kier alpha value is -1.26. The fourth-order valence-corrected chi connectivity index (χ4v) is 2.35. The van der Waals surface area contributed by atoms with Crippen LogP contribution in [-0.4, -0.2) is 29.5 Å². The minimum atomic E-state index is -0.127. The third-order valence-corrected chi connectivity index (χ3v) is 3.57. The second-order valence-corrected chi connectivity index (χ2v) is 4.88. The van der Waals surface area contributed by atoms with E-state index in [0.717, 1.165) is 31.2 Å². The van der Waals surface area contributed by atoms with Crippen LogP contribution in [0, 0.1) is 0 Å². The normalized spacial score (nSPS) is 23.9. The summed E-state index contributed by atoms with van der Waals surface area (Å²) in [5.41, 5.74) is 0.877. The van der Waals surface area contributed by atoms with Gasteiger partial charge in [0.05, 0.1) is 13.2 Å². The van der Waals surface area contributed by atoms with Gasteiger partial charge in [-0.15, -0.1) is 0 Å². The van der Waals surface area contributed by atoms with Gasteiger partial charge in [0.15, 0.2) is 0 Å². The van der Waals surface area contributed by atoms with Crippen molar-refractivity contribution in [1.29, 1.82) is 0 Å². The first-order valence-corrected chi connectivity index (χ1v) is 6.46. The molecule has 0 atom stereocenters. The summed E-state index contributed by atoms with van der Waals surface area (Å²) in [5.74, 6) is 0.926. The Labute approximate surface area is 108 Å². The molecule has 4 nitrogen and oxygen atoms in total. The number of methoxy groups -OCH3 is 1. The SMILES string of the molecule is COc1ccc(CNC2CCC(O)CC2)c(O)c1. The Bertz CT molecular complexity index is 387. The summed E-state index contributed by atoms with van der Waals surface area (Å²) in [4.78, 5) is 0. The molecule has 1 aromatic carbocycles. The molecule has 100 valence electrons. The molecular formula is C14H21NO3. The Morgan fingerprint density at radius 2 is 2.00 bits per heavy atom. The molecule has 0 spiro atoms. The van der Waals surface area contributed by atoms with Crippen LogP contribution in [0.1, 0.15) is 31.2 Å². The summed E-state index contributed by atoms with van der Waals surface area (Å²) in [6.45, 7) is 0.649. The topological polar surface area (TPSA) is 61.7 Å². The van der Waals surface area contributed by atoms with Crippen LogP contribution in [0.2, 0.25) is 0 Å². The molecule has 0 unspecified atom stereocenters. The van der Waals surface area contributed by atoms with Gasteiger partial charge in [-0.3, -0.25) is 0 Å². The van der Waals surface area contributed by atoms with Crippen LogP contribution in [-0.2, 0) is 6.54 Å². The molecule has 0 saturated heterocycles. The van der Waals surface area contributed by atoms with Gasteiger partial charge in [0.2, 0.25) is 0 Å². The number of rotatable bonds is 4. The average molecular weight is 251 g/mol. The Morgan fingerprint density at radius 3 is 2.61 bits per heavy atom. The van der Waals surface area contributed by atoms with E-state index < -0.39 is 0 Å². The summed E-state index contributed by atoms with van der Waals surface area (Å²) in [6.07, 6.45) is 3.60. The van der Waals surface area contributed by atoms with Gasteiger partial charge in [-0.2, -0.15) is 0 Å². The zero-order chi connectivity index (χ0) is 13.0. The molecule has 1 aromatic rings. The number of hydrogen-bond acceptors (Lipinski definition) is 4. The lowest BCUT2D eigenvalue weighted by Crippen LogP contribution is -2.34. The number of hydrogen-bond donors (Lipinski definition) is 3.